The third kappa shape index (κ3) is 2.66. The third-order valence-electron chi connectivity index (χ3n) is 0.343. The van der Waals surface area contributed by atoms with E-state index in [9.17, 15) is 0 Å². The summed E-state index contributed by atoms with van der Waals surface area (Å²) in [7, 11) is 0. The highest BCUT2D eigenvalue weighted by Crippen LogP contribution is 1.53. The van der Waals surface area contributed by atoms with Gasteiger partial charge in [-0.1, -0.05) is 0 Å². The molecule has 0 unspecified atom stereocenters. The fraction of sp³-hybridized carbons (Fsp3) is 0. The predicted octanol–water partition coefficient (Wildman–Crippen LogP) is -0.594. The van der Waals surface area contributed by atoms with E-state index >= 15 is 0 Å². The number of nitrogens with zero attached hydrogens (tertiary/aromatic N) is 5. The van der Waals surface area contributed by atoms with Gasteiger partial charge in [-0.3, -0.25) is 0 Å². The van der Waals surface area contributed by atoms with Gasteiger partial charge in [-0.15, -0.1) is 10.2 Å². The molecule has 1 aromatic rings. The van der Waals surface area contributed by atoms with Gasteiger partial charge in [0.05, 0.1) is 12.4 Å². The molecule has 5 heteroatoms. The lowest BCUT2D eigenvalue weighted by molar-refractivity contribution is 0.761. The molecule has 0 aromatic carbocycles. The van der Waals surface area contributed by atoms with Gasteiger partial charge in [0.25, 0.3) is 0 Å². The van der Waals surface area contributed by atoms with Crippen LogP contribution in [0.5, 0.6) is 0 Å². The Morgan fingerprint density at radius 3 is 1.50 bits per heavy atom. The van der Waals surface area contributed by atoms with E-state index in [1.807, 2.05) is 0 Å². The molecule has 40 valence electrons. The highest BCUT2D eigenvalue weighted by molar-refractivity contribution is 4.52. The topological polar surface area (TPSA) is 75.3 Å². The van der Waals surface area contributed by atoms with Gasteiger partial charge in [0.2, 0.25) is 0 Å². The van der Waals surface area contributed by atoms with Crippen LogP contribution < -0.4 is 0 Å². The van der Waals surface area contributed by atoms with Crippen LogP contribution in [0.3, 0.4) is 0 Å². The fourth-order valence-electron chi connectivity index (χ4n) is 0.165. The van der Waals surface area contributed by atoms with Crippen LogP contribution >= 0.6 is 0 Å². The highest BCUT2D eigenvalue weighted by Gasteiger charge is 1.61. The van der Waals surface area contributed by atoms with Crippen LogP contribution in [0.1, 0.15) is 0 Å². The van der Waals surface area contributed by atoms with E-state index in [0.29, 0.717) is 0 Å². The van der Waals surface area contributed by atoms with Crippen molar-refractivity contribution in [1.82, 2.24) is 20.6 Å². The molecule has 0 aliphatic carbocycles. The Labute approximate surface area is 46.0 Å². The van der Waals surface area contributed by atoms with Gasteiger partial charge in [-0.2, -0.15) is 0 Å². The zero-order valence-corrected chi connectivity index (χ0v) is 3.97. The maximum absolute atomic E-state index is 6.50. The Bertz CT molecular complexity index is 108. The first-order valence-electron chi connectivity index (χ1n) is 1.71. The first-order valence-corrected chi connectivity index (χ1v) is 1.71. The van der Waals surface area contributed by atoms with Crippen LogP contribution in [-0.2, 0) is 0 Å². The second-order valence-corrected chi connectivity index (χ2v) is 0.708. The summed E-state index contributed by atoms with van der Waals surface area (Å²) in [6, 6.07) is 0. The second-order valence-electron chi connectivity index (χ2n) is 0.708. The Hall–Kier alpha value is -1.57. The number of hydrogen-bond acceptors (Lipinski definition) is 5. The molecule has 0 spiro atoms. The average Bonchev–Trinajstić information content (AvgIpc) is 1.96. The lowest BCUT2D eigenvalue weighted by atomic mass is 11.0. The molecule has 0 N–H and O–H groups in total. The van der Waals surface area contributed by atoms with Crippen LogP contribution in [0.2, 0.25) is 0 Å². The van der Waals surface area contributed by atoms with Crippen molar-refractivity contribution in [3.63, 3.8) is 0 Å². The molecular weight excluding hydrogens is 106 g/mol. The van der Waals surface area contributed by atoms with Gasteiger partial charge in [-0.25, -0.2) is 5.26 Å². The zero-order valence-electron chi connectivity index (χ0n) is 3.97. The normalized spacial score (nSPS) is 6.25. The molecule has 8 heavy (non-hydrogen) atoms. The maximum Gasteiger partial charge on any atom is 0.0716 e. The molecule has 1 aromatic heterocycles. The highest BCUT2D eigenvalue weighted by atomic mass is 15.4. The van der Waals surface area contributed by atoms with Crippen LogP contribution in [0.15, 0.2) is 12.4 Å². The van der Waals surface area contributed by atoms with Crippen molar-refractivity contribution in [2.45, 2.75) is 0 Å². The molecule has 0 bridgehead atoms. The van der Waals surface area contributed by atoms with E-state index in [4.69, 9.17) is 5.26 Å². The molecule has 0 radical (unpaired) electrons. The Morgan fingerprint density at radius 1 is 1.00 bits per heavy atom. The van der Waals surface area contributed by atoms with Crippen LogP contribution in [-0.4, -0.2) is 20.6 Å². The summed E-state index contributed by atoms with van der Waals surface area (Å²) < 4.78 is 0. The van der Waals surface area contributed by atoms with Gasteiger partial charge in [0, 0.05) is 6.57 Å². The van der Waals surface area contributed by atoms with Crippen molar-refractivity contribution in [1.29, 1.82) is 5.26 Å². The van der Waals surface area contributed by atoms with E-state index in [0.717, 1.165) is 0 Å². The summed E-state index contributed by atoms with van der Waals surface area (Å²) in [5.41, 5.74) is 0. The molecule has 0 saturated heterocycles. The van der Waals surface area contributed by atoms with Gasteiger partial charge >= 0.3 is 0 Å². The van der Waals surface area contributed by atoms with Crippen LogP contribution in [0.4, 0.5) is 0 Å². The van der Waals surface area contributed by atoms with Crippen LogP contribution in [0, 0.1) is 11.8 Å². The SMILES string of the molecule is C#N.c1cnnnn1. The molecule has 0 saturated carbocycles. The molecular formula is C3H3N5. The first-order chi connectivity index (χ1) is 4.00. The molecule has 1 rings (SSSR count). The minimum absolute atomic E-state index is 1.47. The summed E-state index contributed by atoms with van der Waals surface area (Å²) in [5, 5.41) is 19.6. The lowest BCUT2D eigenvalue weighted by Crippen LogP contribution is -1.84. The summed E-state index contributed by atoms with van der Waals surface area (Å²) in [6.45, 7) is 3.50. The summed E-state index contributed by atoms with van der Waals surface area (Å²) in [4.78, 5) is 0. The molecule has 0 fully saturated rings. The monoisotopic (exact) mass is 109 g/mol. The fourth-order valence-corrected chi connectivity index (χ4v) is 0.165. The van der Waals surface area contributed by atoms with E-state index < -0.39 is 0 Å². The third-order valence-corrected chi connectivity index (χ3v) is 0.343. The van der Waals surface area contributed by atoms with E-state index in [-0.39, 0.29) is 0 Å². The van der Waals surface area contributed by atoms with Crippen molar-refractivity contribution in [3.05, 3.63) is 12.4 Å². The van der Waals surface area contributed by atoms with Crippen molar-refractivity contribution >= 4 is 0 Å². The van der Waals surface area contributed by atoms with Crippen molar-refractivity contribution in [2.75, 3.05) is 0 Å². The minimum atomic E-state index is 1.47. The number of hydrogen-bond donors (Lipinski definition) is 0. The zero-order chi connectivity index (χ0) is 6.24. The smallest absolute Gasteiger partial charge is 0.0716 e. The Balaban J connectivity index is 0.000000222. The lowest BCUT2D eigenvalue weighted by Gasteiger charge is -1.67. The number of aromatic nitrogens is 4. The molecule has 0 aliphatic heterocycles. The predicted molar refractivity (Wildman–Crippen MR) is 24.3 cm³/mol. The van der Waals surface area contributed by atoms with Gasteiger partial charge in [0.1, 0.15) is 0 Å². The maximum atomic E-state index is 6.50. The summed E-state index contributed by atoms with van der Waals surface area (Å²) >= 11 is 0. The average molecular weight is 109 g/mol. The van der Waals surface area contributed by atoms with Crippen molar-refractivity contribution < 1.29 is 0 Å². The first kappa shape index (κ1) is 6.43. The standard InChI is InChI=1S/C2H2N4.CHN/c1-2-4-6-5-3-1;1-2/h1-2H;1H. The van der Waals surface area contributed by atoms with Crippen LogP contribution in [0.25, 0.3) is 0 Å². The van der Waals surface area contributed by atoms with Crippen molar-refractivity contribution in [3.8, 4) is 6.57 Å². The largest absolute Gasteiger partial charge is 0.202 e. The van der Waals surface area contributed by atoms with Gasteiger partial charge in [0.15, 0.2) is 0 Å². The van der Waals surface area contributed by atoms with E-state index in [1.165, 1.54) is 12.4 Å². The second kappa shape index (κ2) is 5.43. The number of rotatable bonds is 0. The summed E-state index contributed by atoms with van der Waals surface area (Å²) in [5.74, 6) is 0. The molecule has 0 amide bonds. The molecule has 0 aliphatic rings. The molecule has 1 heterocycles. The molecule has 0 atom stereocenters. The Kier molecular flexibility index (Phi) is 4.36. The van der Waals surface area contributed by atoms with Gasteiger partial charge < -0.3 is 0 Å². The van der Waals surface area contributed by atoms with Gasteiger partial charge in [-0.05, 0) is 10.4 Å². The number of nitriles is 1. The minimum Gasteiger partial charge on any atom is -0.202 e. The van der Waals surface area contributed by atoms with Crippen molar-refractivity contribution in [2.24, 2.45) is 0 Å². The quantitative estimate of drug-likeness (QED) is 0.445. The summed E-state index contributed by atoms with van der Waals surface area (Å²) in [6.07, 6.45) is 2.93. The molecule has 5 nitrogen and oxygen atoms in total. The Morgan fingerprint density at radius 2 is 1.38 bits per heavy atom. The van der Waals surface area contributed by atoms with E-state index in [1.54, 1.807) is 0 Å². The van der Waals surface area contributed by atoms with E-state index in [2.05, 4.69) is 27.2 Å².